The number of alkyl carbamates (subject to hydrolysis) is 1. The number of nitrogens with one attached hydrogen (secondary N) is 1. The highest BCUT2D eigenvalue weighted by Crippen LogP contribution is 2.36. The maximum absolute atomic E-state index is 13.8. The number of ketones is 1. The Morgan fingerprint density at radius 1 is 1.00 bits per heavy atom. The summed E-state index contributed by atoms with van der Waals surface area (Å²) in [6.07, 6.45) is -0.866. The van der Waals surface area contributed by atoms with E-state index in [1.54, 1.807) is 65.8 Å². The molecule has 0 bridgehead atoms. The maximum Gasteiger partial charge on any atom is 0.408 e. The smallest absolute Gasteiger partial charge is 0.408 e. The number of carbonyl (C=O) groups is 4. The highest BCUT2D eigenvalue weighted by Gasteiger charge is 2.41. The van der Waals surface area contributed by atoms with Gasteiger partial charge in [0.25, 0.3) is 11.6 Å². The van der Waals surface area contributed by atoms with Crippen LogP contribution in [0.4, 0.5) is 21.9 Å². The molecule has 1 aliphatic heterocycles. The molecule has 0 radical (unpaired) electrons. The fourth-order valence-corrected chi connectivity index (χ4v) is 4.00. The average molecular weight is 525 g/mol. The lowest BCUT2D eigenvalue weighted by molar-refractivity contribution is -0.385. The van der Waals surface area contributed by atoms with Gasteiger partial charge in [-0.1, -0.05) is 45.0 Å². The molecule has 1 unspecified atom stereocenters. The molecule has 0 saturated carbocycles. The Labute approximate surface area is 220 Å². The summed E-state index contributed by atoms with van der Waals surface area (Å²) in [6, 6.07) is 10.8. The number of rotatable bonds is 5. The number of ether oxygens (including phenoxy) is 1. The van der Waals surface area contributed by atoms with Crippen molar-refractivity contribution >= 4 is 40.8 Å². The topological polar surface area (TPSA) is 139 Å². The van der Waals surface area contributed by atoms with Crippen LogP contribution in [-0.2, 0) is 14.3 Å². The van der Waals surface area contributed by atoms with Crippen LogP contribution in [0, 0.1) is 15.5 Å². The lowest BCUT2D eigenvalue weighted by atomic mass is 9.94. The Balaban J connectivity index is 2.10. The molecule has 1 N–H and O–H groups in total. The molecule has 11 heteroatoms. The number of nitrogens with zero attached hydrogens (tertiary/aromatic N) is 3. The first-order valence-electron chi connectivity index (χ1n) is 12.1. The van der Waals surface area contributed by atoms with Crippen molar-refractivity contribution in [3.05, 3.63) is 64.2 Å². The Morgan fingerprint density at radius 2 is 1.58 bits per heavy atom. The molecule has 0 spiro atoms. The molecule has 3 amide bonds. The number of amides is 3. The molecule has 11 nitrogen and oxygen atoms in total. The van der Waals surface area contributed by atoms with Gasteiger partial charge < -0.3 is 19.9 Å². The summed E-state index contributed by atoms with van der Waals surface area (Å²) in [6.45, 7) is 9.45. The summed E-state index contributed by atoms with van der Waals surface area (Å²) in [5, 5.41) is 14.0. The molecule has 2 aromatic carbocycles. The lowest BCUT2D eigenvalue weighted by Gasteiger charge is -2.31. The molecule has 2 aromatic rings. The third-order valence-corrected chi connectivity index (χ3v) is 5.67. The van der Waals surface area contributed by atoms with Gasteiger partial charge in [0.1, 0.15) is 11.6 Å². The molecule has 0 aromatic heterocycles. The third kappa shape index (κ3) is 6.34. The van der Waals surface area contributed by atoms with Crippen LogP contribution in [0.25, 0.3) is 0 Å². The van der Waals surface area contributed by atoms with Gasteiger partial charge in [0.2, 0.25) is 5.91 Å². The minimum Gasteiger partial charge on any atom is -0.444 e. The van der Waals surface area contributed by atoms with E-state index in [9.17, 15) is 29.3 Å². The van der Waals surface area contributed by atoms with E-state index in [1.807, 2.05) is 0 Å². The first kappa shape index (κ1) is 28.3. The van der Waals surface area contributed by atoms with Gasteiger partial charge in [0.05, 0.1) is 35.0 Å². The highest BCUT2D eigenvalue weighted by atomic mass is 16.6. The molecule has 202 valence electrons. The predicted molar refractivity (Wildman–Crippen MR) is 141 cm³/mol. The quantitative estimate of drug-likeness (QED) is 0.353. The van der Waals surface area contributed by atoms with Gasteiger partial charge in [-0.2, -0.15) is 0 Å². The number of anilines is 2. The number of fused-ring (bicyclic) bond motifs is 1. The van der Waals surface area contributed by atoms with Crippen LogP contribution in [0.1, 0.15) is 51.9 Å². The van der Waals surface area contributed by atoms with E-state index in [0.29, 0.717) is 5.69 Å². The maximum atomic E-state index is 13.8. The number of carbonyl (C=O) groups excluding carboxylic acids is 4. The van der Waals surface area contributed by atoms with Gasteiger partial charge in [0, 0.05) is 11.5 Å². The molecular weight excluding hydrogens is 492 g/mol. The summed E-state index contributed by atoms with van der Waals surface area (Å²) in [4.78, 5) is 66.7. The van der Waals surface area contributed by atoms with E-state index in [0.717, 1.165) is 4.90 Å². The SMILES string of the molecule is CC(C)(C)OC(=O)NC1CN(C(=O)C(C)(C)C)c2ccccc2N(CC(=O)c2ccccc2[N+](=O)[O-])C1=O. The van der Waals surface area contributed by atoms with E-state index in [4.69, 9.17) is 4.74 Å². The molecule has 0 fully saturated rings. The van der Waals surface area contributed by atoms with Gasteiger partial charge in [-0.3, -0.25) is 24.5 Å². The van der Waals surface area contributed by atoms with Crippen LogP contribution in [0.5, 0.6) is 0 Å². The van der Waals surface area contributed by atoms with E-state index in [1.165, 1.54) is 29.2 Å². The minimum atomic E-state index is -1.26. The van der Waals surface area contributed by atoms with Crippen molar-refractivity contribution in [2.45, 2.75) is 53.2 Å². The summed E-state index contributed by atoms with van der Waals surface area (Å²) in [5.74, 6) is -1.65. The number of nitro groups is 1. The number of hydrogen-bond donors (Lipinski definition) is 1. The summed E-state index contributed by atoms with van der Waals surface area (Å²) >= 11 is 0. The van der Waals surface area contributed by atoms with Gasteiger partial charge in [-0.05, 0) is 39.0 Å². The van der Waals surface area contributed by atoms with E-state index in [2.05, 4.69) is 5.32 Å². The number of Topliss-reactive ketones (excluding diaryl/α,β-unsaturated/α-hetero) is 1. The Kier molecular flexibility index (Phi) is 7.90. The summed E-state index contributed by atoms with van der Waals surface area (Å²) in [7, 11) is 0. The van der Waals surface area contributed by atoms with Gasteiger partial charge in [-0.25, -0.2) is 4.79 Å². The molecular formula is C27H32N4O7. The minimum absolute atomic E-state index is 0.161. The van der Waals surface area contributed by atoms with E-state index < -0.39 is 46.3 Å². The predicted octanol–water partition coefficient (Wildman–Crippen LogP) is 4.10. The van der Waals surface area contributed by atoms with Crippen molar-refractivity contribution in [2.24, 2.45) is 5.41 Å². The standard InChI is InChI=1S/C27H32N4O7/c1-26(2,3)24(34)30-15-18(28-25(35)38-27(4,5)6)23(33)29(20-13-9-10-14-21(20)30)16-22(32)17-11-7-8-12-19(17)31(36)37/h7-14,18H,15-16H2,1-6H3,(H,28,35). The van der Waals surface area contributed by atoms with Gasteiger partial charge in [0.15, 0.2) is 5.78 Å². The first-order valence-corrected chi connectivity index (χ1v) is 12.1. The fourth-order valence-electron chi connectivity index (χ4n) is 4.00. The van der Waals surface area contributed by atoms with Crippen LogP contribution < -0.4 is 15.1 Å². The second-order valence-electron chi connectivity index (χ2n) is 11.0. The molecule has 0 saturated heterocycles. The zero-order valence-corrected chi connectivity index (χ0v) is 22.3. The van der Waals surface area contributed by atoms with Gasteiger partial charge >= 0.3 is 6.09 Å². The fraction of sp³-hybridized carbons (Fsp3) is 0.407. The molecule has 1 aliphatic rings. The number of nitro benzene ring substituents is 1. The Morgan fingerprint density at radius 3 is 2.16 bits per heavy atom. The summed E-state index contributed by atoms with van der Waals surface area (Å²) in [5.41, 5.74) is -1.60. The Bertz CT molecular complexity index is 1280. The van der Waals surface area contributed by atoms with Crippen molar-refractivity contribution in [3.63, 3.8) is 0 Å². The van der Waals surface area contributed by atoms with E-state index in [-0.39, 0.29) is 29.4 Å². The number of hydrogen-bond acceptors (Lipinski definition) is 7. The first-order chi connectivity index (χ1) is 17.6. The lowest BCUT2D eigenvalue weighted by Crippen LogP contribution is -2.55. The zero-order chi connectivity index (χ0) is 28.4. The molecule has 1 atom stereocenters. The monoisotopic (exact) mass is 524 g/mol. The normalized spacial score (nSPS) is 15.8. The van der Waals surface area contributed by atoms with Crippen LogP contribution in [0.15, 0.2) is 48.5 Å². The highest BCUT2D eigenvalue weighted by molar-refractivity contribution is 6.13. The van der Waals surface area contributed by atoms with Crippen LogP contribution in [-0.4, -0.2) is 53.3 Å². The second kappa shape index (κ2) is 10.6. The average Bonchev–Trinajstić information content (AvgIpc) is 2.92. The van der Waals surface area contributed by atoms with Crippen molar-refractivity contribution < 1.29 is 28.8 Å². The van der Waals surface area contributed by atoms with Crippen molar-refractivity contribution in [1.82, 2.24) is 5.32 Å². The molecule has 3 rings (SSSR count). The number of benzene rings is 2. The zero-order valence-electron chi connectivity index (χ0n) is 22.3. The molecule has 38 heavy (non-hydrogen) atoms. The van der Waals surface area contributed by atoms with E-state index >= 15 is 0 Å². The van der Waals surface area contributed by atoms with Gasteiger partial charge in [-0.15, -0.1) is 0 Å². The van der Waals surface area contributed by atoms with Crippen molar-refractivity contribution in [1.29, 1.82) is 0 Å². The number of para-hydroxylation sites is 3. The Hall–Kier alpha value is -4.28. The third-order valence-electron chi connectivity index (χ3n) is 5.67. The van der Waals surface area contributed by atoms with Crippen LogP contribution in [0.2, 0.25) is 0 Å². The molecule has 0 aliphatic carbocycles. The van der Waals surface area contributed by atoms with Crippen LogP contribution in [0.3, 0.4) is 0 Å². The largest absolute Gasteiger partial charge is 0.444 e. The van der Waals surface area contributed by atoms with Crippen LogP contribution >= 0.6 is 0 Å². The van der Waals surface area contributed by atoms with Crippen molar-refractivity contribution in [2.75, 3.05) is 22.9 Å². The second-order valence-corrected chi connectivity index (χ2v) is 11.0. The summed E-state index contributed by atoms with van der Waals surface area (Å²) < 4.78 is 5.33. The molecule has 1 heterocycles. The van der Waals surface area contributed by atoms with Crippen molar-refractivity contribution in [3.8, 4) is 0 Å².